The molecule has 1 aliphatic rings. The number of carbonyl (C=O) groups excluding carboxylic acids is 2. The number of nitro benzene ring substituents is 1. The van der Waals surface area contributed by atoms with E-state index in [1.165, 1.54) is 29.2 Å². The van der Waals surface area contributed by atoms with E-state index in [0.29, 0.717) is 12.0 Å². The minimum absolute atomic E-state index is 0.0487. The highest BCUT2D eigenvalue weighted by molar-refractivity contribution is 7.81. The number of rotatable bonds is 6. The van der Waals surface area contributed by atoms with Crippen molar-refractivity contribution in [3.05, 3.63) is 39.9 Å². The first-order valence-electron chi connectivity index (χ1n) is 8.08. The molecule has 3 atom stereocenters. The van der Waals surface area contributed by atoms with Crippen LogP contribution in [-0.2, 0) is 16.1 Å². The minimum Gasteiger partial charge on any atom is -0.445 e. The predicted octanol–water partition coefficient (Wildman–Crippen LogP) is 1.10. The smallest absolute Gasteiger partial charge is 0.410 e. The summed E-state index contributed by atoms with van der Waals surface area (Å²) >= 11 is 4.33. The molecule has 0 spiro atoms. The maximum Gasteiger partial charge on any atom is 0.410 e. The van der Waals surface area contributed by atoms with Gasteiger partial charge in [0.1, 0.15) is 12.6 Å². The zero-order valence-corrected chi connectivity index (χ0v) is 15.1. The van der Waals surface area contributed by atoms with Crippen LogP contribution in [0.1, 0.15) is 18.9 Å². The molecule has 142 valence electrons. The van der Waals surface area contributed by atoms with E-state index in [-0.39, 0.29) is 36.5 Å². The van der Waals surface area contributed by atoms with Gasteiger partial charge in [-0.2, -0.15) is 12.6 Å². The van der Waals surface area contributed by atoms with Gasteiger partial charge < -0.3 is 15.2 Å². The number of amides is 2. The lowest BCUT2D eigenvalue weighted by Gasteiger charge is -2.23. The van der Waals surface area contributed by atoms with Crippen LogP contribution in [0.3, 0.4) is 0 Å². The molecule has 0 unspecified atom stereocenters. The number of nitrogens with one attached hydrogen (secondary N) is 1. The fourth-order valence-corrected chi connectivity index (χ4v) is 2.95. The number of likely N-dealkylation sites (tertiary alicyclic amines) is 1. The van der Waals surface area contributed by atoms with Crippen LogP contribution in [0.15, 0.2) is 24.3 Å². The lowest BCUT2D eigenvalue weighted by atomic mass is 10.2. The van der Waals surface area contributed by atoms with Crippen LogP contribution in [0.25, 0.3) is 0 Å². The molecule has 0 saturated carbocycles. The van der Waals surface area contributed by atoms with Crippen molar-refractivity contribution in [1.82, 2.24) is 10.2 Å². The average Bonchev–Trinajstić information content (AvgIpc) is 2.99. The summed E-state index contributed by atoms with van der Waals surface area (Å²) in [6.45, 7) is 1.85. The summed E-state index contributed by atoms with van der Waals surface area (Å²) in [6.07, 6.45) is -0.951. The van der Waals surface area contributed by atoms with E-state index in [4.69, 9.17) is 4.74 Å². The predicted molar refractivity (Wildman–Crippen MR) is 95.9 cm³/mol. The fraction of sp³-hybridized carbons (Fsp3) is 0.500. The molecule has 1 saturated heterocycles. The van der Waals surface area contributed by atoms with Gasteiger partial charge >= 0.3 is 6.09 Å². The Morgan fingerprint density at radius 2 is 2.12 bits per heavy atom. The number of nitro groups is 1. The SMILES string of the molecule is C[C@H](O)CNC(=O)[C@@H]1C[C@H](S)CN1C(=O)OCc1ccc([N+](=O)[O-])cc1. The zero-order chi connectivity index (χ0) is 19.3. The van der Waals surface area contributed by atoms with E-state index >= 15 is 0 Å². The Morgan fingerprint density at radius 3 is 2.69 bits per heavy atom. The summed E-state index contributed by atoms with van der Waals surface area (Å²) in [6, 6.07) is 4.96. The van der Waals surface area contributed by atoms with E-state index in [1.807, 2.05) is 0 Å². The maximum atomic E-state index is 12.3. The van der Waals surface area contributed by atoms with Crippen LogP contribution in [-0.4, -0.2) is 57.4 Å². The molecule has 1 heterocycles. The van der Waals surface area contributed by atoms with Crippen LogP contribution < -0.4 is 5.32 Å². The largest absolute Gasteiger partial charge is 0.445 e. The number of non-ortho nitro benzene ring substituents is 1. The molecule has 0 bridgehead atoms. The highest BCUT2D eigenvalue weighted by Crippen LogP contribution is 2.23. The van der Waals surface area contributed by atoms with Crippen molar-refractivity contribution in [3.63, 3.8) is 0 Å². The topological polar surface area (TPSA) is 122 Å². The van der Waals surface area contributed by atoms with Crippen molar-refractivity contribution in [2.75, 3.05) is 13.1 Å². The van der Waals surface area contributed by atoms with E-state index in [2.05, 4.69) is 17.9 Å². The Hall–Kier alpha value is -2.33. The molecule has 9 nitrogen and oxygen atoms in total. The molecule has 2 N–H and O–H groups in total. The van der Waals surface area contributed by atoms with E-state index in [9.17, 15) is 24.8 Å². The van der Waals surface area contributed by atoms with Crippen molar-refractivity contribution >= 4 is 30.3 Å². The van der Waals surface area contributed by atoms with Gasteiger partial charge in [0.15, 0.2) is 0 Å². The normalized spacial score (nSPS) is 20.5. The van der Waals surface area contributed by atoms with E-state index < -0.39 is 23.2 Å². The second kappa shape index (κ2) is 8.86. The first kappa shape index (κ1) is 20.0. The molecule has 0 radical (unpaired) electrons. The second-order valence-electron chi connectivity index (χ2n) is 6.13. The zero-order valence-electron chi connectivity index (χ0n) is 14.2. The molecule has 1 fully saturated rings. The highest BCUT2D eigenvalue weighted by atomic mass is 32.1. The van der Waals surface area contributed by atoms with Crippen molar-refractivity contribution in [2.24, 2.45) is 0 Å². The van der Waals surface area contributed by atoms with Gasteiger partial charge in [-0.05, 0) is 31.0 Å². The summed E-state index contributed by atoms with van der Waals surface area (Å²) in [5, 5.41) is 22.3. The summed E-state index contributed by atoms with van der Waals surface area (Å²) in [5.74, 6) is -0.366. The number of hydrogen-bond donors (Lipinski definition) is 3. The van der Waals surface area contributed by atoms with Gasteiger partial charge in [0, 0.05) is 30.5 Å². The van der Waals surface area contributed by atoms with Gasteiger partial charge in [0.05, 0.1) is 11.0 Å². The quantitative estimate of drug-likeness (QED) is 0.384. The van der Waals surface area contributed by atoms with Gasteiger partial charge in [-0.3, -0.25) is 19.8 Å². The third-order valence-corrected chi connectivity index (χ3v) is 4.27. The molecule has 10 heteroatoms. The summed E-state index contributed by atoms with van der Waals surface area (Å²) in [5.41, 5.74) is 0.549. The highest BCUT2D eigenvalue weighted by Gasteiger charge is 2.39. The number of hydrogen-bond acceptors (Lipinski definition) is 7. The third-order valence-electron chi connectivity index (χ3n) is 3.90. The molecule has 0 aromatic heterocycles. The molecule has 1 aliphatic heterocycles. The number of aliphatic hydroxyl groups is 1. The average molecular weight is 383 g/mol. The van der Waals surface area contributed by atoms with Gasteiger partial charge in [0.2, 0.25) is 5.91 Å². The maximum absolute atomic E-state index is 12.3. The van der Waals surface area contributed by atoms with E-state index in [1.54, 1.807) is 6.92 Å². The first-order valence-corrected chi connectivity index (χ1v) is 8.60. The van der Waals surface area contributed by atoms with Crippen molar-refractivity contribution in [3.8, 4) is 0 Å². The lowest BCUT2D eigenvalue weighted by molar-refractivity contribution is -0.384. The lowest BCUT2D eigenvalue weighted by Crippen LogP contribution is -2.47. The van der Waals surface area contributed by atoms with E-state index in [0.717, 1.165) is 0 Å². The molecule has 1 aromatic carbocycles. The van der Waals surface area contributed by atoms with Gasteiger partial charge in [-0.1, -0.05) is 0 Å². The number of nitrogens with zero attached hydrogens (tertiary/aromatic N) is 2. The number of carbonyl (C=O) groups is 2. The Morgan fingerprint density at radius 1 is 1.46 bits per heavy atom. The molecule has 2 amide bonds. The van der Waals surface area contributed by atoms with Gasteiger partial charge in [-0.25, -0.2) is 4.79 Å². The molecule has 2 rings (SSSR count). The summed E-state index contributed by atoms with van der Waals surface area (Å²) < 4.78 is 5.22. The van der Waals surface area contributed by atoms with Crippen LogP contribution >= 0.6 is 12.6 Å². The van der Waals surface area contributed by atoms with Crippen LogP contribution in [0.5, 0.6) is 0 Å². The summed E-state index contributed by atoms with van der Waals surface area (Å²) in [7, 11) is 0. The monoisotopic (exact) mass is 383 g/mol. The Labute approximate surface area is 155 Å². The van der Waals surface area contributed by atoms with Crippen molar-refractivity contribution < 1.29 is 24.4 Å². The fourth-order valence-electron chi connectivity index (χ4n) is 2.57. The van der Waals surface area contributed by atoms with Crippen molar-refractivity contribution in [2.45, 2.75) is 37.3 Å². The Balaban J connectivity index is 1.93. The third kappa shape index (κ3) is 5.33. The van der Waals surface area contributed by atoms with Crippen LogP contribution in [0, 0.1) is 10.1 Å². The number of benzene rings is 1. The van der Waals surface area contributed by atoms with Crippen LogP contribution in [0.2, 0.25) is 0 Å². The number of aliphatic hydroxyl groups excluding tert-OH is 1. The summed E-state index contributed by atoms with van der Waals surface area (Å²) in [4.78, 5) is 36.0. The minimum atomic E-state index is -0.708. The first-order chi connectivity index (χ1) is 12.3. The van der Waals surface area contributed by atoms with Crippen molar-refractivity contribution in [1.29, 1.82) is 0 Å². The molecule has 0 aliphatic carbocycles. The molecule has 1 aromatic rings. The Bertz CT molecular complexity index is 666. The molecular weight excluding hydrogens is 362 g/mol. The Kier molecular flexibility index (Phi) is 6.81. The molecular formula is C16H21N3O6S. The van der Waals surface area contributed by atoms with Gasteiger partial charge in [-0.15, -0.1) is 0 Å². The van der Waals surface area contributed by atoms with Crippen LogP contribution in [0.4, 0.5) is 10.5 Å². The second-order valence-corrected chi connectivity index (χ2v) is 6.86. The van der Waals surface area contributed by atoms with Gasteiger partial charge in [0.25, 0.3) is 5.69 Å². The standard InChI is InChI=1S/C16H21N3O6S/c1-10(20)7-17-15(21)14-6-13(26)8-18(14)16(22)25-9-11-2-4-12(5-3-11)19(23)24/h2-5,10,13-14,20,26H,6-9H2,1H3,(H,17,21)/t10-,13-,14-/m0/s1. The number of ether oxygens (including phenoxy) is 1. The number of thiol groups is 1. The molecule has 26 heavy (non-hydrogen) atoms.